The minimum atomic E-state index is -1.25. The molecule has 0 spiro atoms. The van der Waals surface area contributed by atoms with Gasteiger partial charge in [-0.25, -0.2) is 4.79 Å². The number of carboxylic acids is 1. The first-order chi connectivity index (χ1) is 5.15. The first-order valence-corrected chi connectivity index (χ1v) is 2.75. The zero-order valence-corrected chi connectivity index (χ0v) is 5.68. The van der Waals surface area contributed by atoms with Gasteiger partial charge in [0.1, 0.15) is 0 Å². The van der Waals surface area contributed by atoms with Crippen LogP contribution in [0.3, 0.4) is 0 Å². The van der Waals surface area contributed by atoms with Gasteiger partial charge in [0.2, 0.25) is 0 Å². The molecule has 0 amide bonds. The van der Waals surface area contributed by atoms with Gasteiger partial charge >= 0.3 is 5.97 Å². The fraction of sp³-hybridized carbons (Fsp3) is 0.200. The summed E-state index contributed by atoms with van der Waals surface area (Å²) in [4.78, 5) is 20.3. The van der Waals surface area contributed by atoms with Crippen molar-refractivity contribution < 1.29 is 9.90 Å². The molecule has 0 atom stereocenters. The van der Waals surface area contributed by atoms with Crippen LogP contribution in [0.4, 0.5) is 5.69 Å². The molecular formula is C5H5N3O3. The summed E-state index contributed by atoms with van der Waals surface area (Å²) >= 11 is 0. The van der Waals surface area contributed by atoms with Gasteiger partial charge < -0.3 is 5.11 Å². The summed E-state index contributed by atoms with van der Waals surface area (Å²) in [6, 6.07) is 0. The maximum absolute atomic E-state index is 10.3. The molecule has 0 aromatic carbocycles. The highest BCUT2D eigenvalue weighted by Crippen LogP contribution is 2.15. The van der Waals surface area contributed by atoms with Crippen molar-refractivity contribution in [2.24, 2.45) is 12.2 Å². The molecule has 0 unspecified atom stereocenters. The van der Waals surface area contributed by atoms with Gasteiger partial charge in [-0.05, 0) is 5.18 Å². The number of carbonyl (C=O) groups is 1. The molecule has 1 aromatic heterocycles. The molecule has 11 heavy (non-hydrogen) atoms. The highest BCUT2D eigenvalue weighted by Gasteiger charge is 2.14. The molecule has 1 N–H and O–H groups in total. The van der Waals surface area contributed by atoms with E-state index >= 15 is 0 Å². The number of hydrogen-bond donors (Lipinski definition) is 1. The Bertz CT molecular complexity index is 304. The van der Waals surface area contributed by atoms with Crippen molar-refractivity contribution in [2.75, 3.05) is 0 Å². The van der Waals surface area contributed by atoms with E-state index < -0.39 is 5.97 Å². The van der Waals surface area contributed by atoms with E-state index in [1.54, 1.807) is 0 Å². The van der Waals surface area contributed by atoms with Crippen molar-refractivity contribution in [2.45, 2.75) is 0 Å². The summed E-state index contributed by atoms with van der Waals surface area (Å²) in [6.45, 7) is 0. The molecular weight excluding hydrogens is 150 g/mol. The summed E-state index contributed by atoms with van der Waals surface area (Å²) in [5.74, 6) is -1.25. The van der Waals surface area contributed by atoms with E-state index in [2.05, 4.69) is 10.3 Å². The van der Waals surface area contributed by atoms with Gasteiger partial charge in [-0.3, -0.25) is 4.68 Å². The third kappa shape index (κ3) is 1.23. The average Bonchev–Trinajstić information content (AvgIpc) is 2.30. The first kappa shape index (κ1) is 7.39. The molecule has 1 aromatic rings. The normalized spacial score (nSPS) is 9.55. The van der Waals surface area contributed by atoms with Crippen LogP contribution in [0.1, 0.15) is 10.5 Å². The maximum atomic E-state index is 10.3. The van der Waals surface area contributed by atoms with Crippen molar-refractivity contribution in [3.8, 4) is 0 Å². The number of aromatic carboxylic acids is 1. The predicted molar refractivity (Wildman–Crippen MR) is 35.6 cm³/mol. The SMILES string of the molecule is Cn1cc(N=O)c(C(=O)O)n1. The van der Waals surface area contributed by atoms with Crippen molar-refractivity contribution in [1.29, 1.82) is 0 Å². The second kappa shape index (κ2) is 2.49. The summed E-state index contributed by atoms with van der Waals surface area (Å²) in [7, 11) is 1.52. The Hall–Kier alpha value is -1.72. The fourth-order valence-electron chi connectivity index (χ4n) is 0.695. The van der Waals surface area contributed by atoms with E-state index in [9.17, 15) is 9.70 Å². The minimum Gasteiger partial charge on any atom is -0.476 e. The van der Waals surface area contributed by atoms with Gasteiger partial charge in [0.15, 0.2) is 11.4 Å². The monoisotopic (exact) mass is 155 g/mol. The number of carboxylic acid groups (broad SMARTS) is 1. The molecule has 0 saturated carbocycles. The number of nitroso groups, excluding NO2 is 1. The van der Waals surface area contributed by atoms with Crippen LogP contribution >= 0.6 is 0 Å². The number of nitrogens with zero attached hydrogens (tertiary/aromatic N) is 3. The van der Waals surface area contributed by atoms with E-state index in [0.717, 1.165) is 0 Å². The van der Waals surface area contributed by atoms with Crippen molar-refractivity contribution in [3.63, 3.8) is 0 Å². The van der Waals surface area contributed by atoms with Crippen molar-refractivity contribution in [3.05, 3.63) is 16.8 Å². The van der Waals surface area contributed by atoms with Crippen LogP contribution in [0.15, 0.2) is 11.4 Å². The van der Waals surface area contributed by atoms with E-state index in [1.165, 1.54) is 17.9 Å². The lowest BCUT2D eigenvalue weighted by molar-refractivity contribution is 0.0690. The van der Waals surface area contributed by atoms with Crippen LogP contribution in [0, 0.1) is 4.91 Å². The van der Waals surface area contributed by atoms with Crippen molar-refractivity contribution in [1.82, 2.24) is 9.78 Å². The molecule has 0 bridgehead atoms. The van der Waals surface area contributed by atoms with Crippen LogP contribution in [0.5, 0.6) is 0 Å². The Morgan fingerprint density at radius 2 is 2.45 bits per heavy atom. The predicted octanol–water partition coefficient (Wildman–Crippen LogP) is 0.516. The molecule has 0 aliphatic heterocycles. The molecule has 0 radical (unpaired) electrons. The topological polar surface area (TPSA) is 84.5 Å². The molecule has 6 nitrogen and oxygen atoms in total. The smallest absolute Gasteiger partial charge is 0.358 e. The molecule has 0 aliphatic carbocycles. The second-order valence-corrected chi connectivity index (χ2v) is 1.93. The molecule has 1 rings (SSSR count). The lowest BCUT2D eigenvalue weighted by Gasteiger charge is -1.83. The van der Waals surface area contributed by atoms with Gasteiger partial charge in [-0.15, -0.1) is 4.91 Å². The summed E-state index contributed by atoms with van der Waals surface area (Å²) < 4.78 is 1.22. The number of aromatic nitrogens is 2. The molecule has 0 aliphatic rings. The summed E-state index contributed by atoms with van der Waals surface area (Å²) in [5, 5.41) is 14.4. The Labute approximate surface area is 61.4 Å². The molecule has 0 fully saturated rings. The quantitative estimate of drug-likeness (QED) is 0.630. The van der Waals surface area contributed by atoms with E-state index in [4.69, 9.17) is 5.11 Å². The number of hydrogen-bond acceptors (Lipinski definition) is 4. The van der Waals surface area contributed by atoms with Crippen LogP contribution in [0.2, 0.25) is 0 Å². The fourth-order valence-corrected chi connectivity index (χ4v) is 0.695. The van der Waals surface area contributed by atoms with Crippen LogP contribution < -0.4 is 0 Å². The lowest BCUT2D eigenvalue weighted by atomic mass is 10.4. The van der Waals surface area contributed by atoms with Crippen LogP contribution in [-0.2, 0) is 7.05 Å². The van der Waals surface area contributed by atoms with Gasteiger partial charge in [-0.2, -0.15) is 5.10 Å². The zero-order valence-electron chi connectivity index (χ0n) is 5.68. The molecule has 6 heteroatoms. The Morgan fingerprint density at radius 3 is 2.82 bits per heavy atom. The standard InChI is InChI=1S/C5H5N3O3/c1-8-2-3(7-11)4(6-8)5(9)10/h2H,1H3,(H,9,10). The Morgan fingerprint density at radius 1 is 1.82 bits per heavy atom. The zero-order chi connectivity index (χ0) is 8.43. The van der Waals surface area contributed by atoms with E-state index in [-0.39, 0.29) is 11.4 Å². The number of rotatable bonds is 2. The highest BCUT2D eigenvalue weighted by atomic mass is 16.4. The summed E-state index contributed by atoms with van der Waals surface area (Å²) in [6.07, 6.45) is 1.25. The van der Waals surface area contributed by atoms with Crippen LogP contribution in [-0.4, -0.2) is 20.9 Å². The largest absolute Gasteiger partial charge is 0.476 e. The third-order valence-corrected chi connectivity index (χ3v) is 1.11. The molecule has 58 valence electrons. The summed E-state index contributed by atoms with van der Waals surface area (Å²) in [5.41, 5.74) is -0.470. The van der Waals surface area contributed by atoms with Gasteiger partial charge in [0.25, 0.3) is 0 Å². The van der Waals surface area contributed by atoms with E-state index in [1.807, 2.05) is 0 Å². The lowest BCUT2D eigenvalue weighted by Crippen LogP contribution is -1.98. The highest BCUT2D eigenvalue weighted by molar-refractivity contribution is 5.90. The average molecular weight is 155 g/mol. The second-order valence-electron chi connectivity index (χ2n) is 1.93. The maximum Gasteiger partial charge on any atom is 0.358 e. The first-order valence-electron chi connectivity index (χ1n) is 2.75. The van der Waals surface area contributed by atoms with Gasteiger partial charge in [0.05, 0.1) is 6.20 Å². The minimum absolute atomic E-state index is 0.153. The van der Waals surface area contributed by atoms with Crippen LogP contribution in [0.25, 0.3) is 0 Å². The van der Waals surface area contributed by atoms with Crippen molar-refractivity contribution >= 4 is 11.7 Å². The molecule has 0 saturated heterocycles. The van der Waals surface area contributed by atoms with Gasteiger partial charge in [0, 0.05) is 7.05 Å². The number of aryl methyl sites for hydroxylation is 1. The van der Waals surface area contributed by atoms with Gasteiger partial charge in [-0.1, -0.05) is 0 Å². The Balaban J connectivity index is 3.22. The Kier molecular flexibility index (Phi) is 1.67. The van der Waals surface area contributed by atoms with E-state index in [0.29, 0.717) is 0 Å². The molecule has 1 heterocycles. The third-order valence-electron chi connectivity index (χ3n) is 1.11.